The van der Waals surface area contributed by atoms with E-state index in [1.807, 2.05) is 60.3 Å². The molecule has 2 heterocycles. The van der Waals surface area contributed by atoms with Gasteiger partial charge in [0, 0.05) is 34.1 Å². The maximum absolute atomic E-state index is 12.7. The lowest BCUT2D eigenvalue weighted by Crippen LogP contribution is -2.43. The molecule has 35 heavy (non-hydrogen) atoms. The summed E-state index contributed by atoms with van der Waals surface area (Å²) in [5, 5.41) is 4.24. The van der Waals surface area contributed by atoms with Crippen molar-refractivity contribution in [2.45, 2.75) is 35.5 Å². The van der Waals surface area contributed by atoms with Crippen LogP contribution in [0, 0.1) is 0 Å². The summed E-state index contributed by atoms with van der Waals surface area (Å²) in [6, 6.07) is 24.1. The van der Waals surface area contributed by atoms with Crippen molar-refractivity contribution in [3.63, 3.8) is 0 Å². The fourth-order valence-corrected chi connectivity index (χ4v) is 7.14. The summed E-state index contributed by atoms with van der Waals surface area (Å²) in [6.07, 6.45) is 3.36. The molecule has 3 aromatic rings. The molecular weight excluding hydrogens is 495 g/mol. The van der Waals surface area contributed by atoms with E-state index in [9.17, 15) is 4.79 Å². The second-order valence-corrected chi connectivity index (χ2v) is 11.5. The number of thioether (sulfide) groups is 1. The van der Waals surface area contributed by atoms with Crippen molar-refractivity contribution in [2.75, 3.05) is 31.9 Å². The summed E-state index contributed by atoms with van der Waals surface area (Å²) in [6.45, 7) is 3.78. The van der Waals surface area contributed by atoms with Crippen LogP contribution in [0.1, 0.15) is 46.7 Å². The molecule has 3 aromatic carbocycles. The van der Waals surface area contributed by atoms with Gasteiger partial charge in [-0.25, -0.2) is 0 Å². The quantitative estimate of drug-likeness (QED) is 0.359. The topological polar surface area (TPSA) is 32.3 Å². The van der Waals surface area contributed by atoms with Crippen molar-refractivity contribution >= 4 is 40.9 Å². The fourth-order valence-electron chi connectivity index (χ4n) is 5.34. The molecule has 0 unspecified atom stereocenters. The van der Waals surface area contributed by atoms with E-state index < -0.39 is 0 Å². The number of nitrogens with zero attached hydrogens (tertiary/aromatic N) is 1. The third-order valence-electron chi connectivity index (χ3n) is 7.53. The highest BCUT2D eigenvalue weighted by Crippen LogP contribution is 2.49. The minimum absolute atomic E-state index is 0.0482. The van der Waals surface area contributed by atoms with Crippen molar-refractivity contribution in [2.24, 2.45) is 0 Å². The summed E-state index contributed by atoms with van der Waals surface area (Å²) >= 11 is 14.5. The molecule has 2 aliphatic rings. The Balaban J connectivity index is 1.22. The van der Waals surface area contributed by atoms with Crippen LogP contribution in [-0.2, 0) is 5.41 Å². The van der Waals surface area contributed by atoms with Crippen LogP contribution in [0.2, 0.25) is 10.0 Å². The first-order valence-corrected chi connectivity index (χ1v) is 14.0. The Labute approximate surface area is 222 Å². The predicted molar refractivity (Wildman–Crippen MR) is 147 cm³/mol. The molecule has 0 aliphatic carbocycles. The van der Waals surface area contributed by atoms with Gasteiger partial charge in [-0.1, -0.05) is 65.7 Å². The molecule has 0 radical (unpaired) electrons. The minimum atomic E-state index is -0.0482. The summed E-state index contributed by atoms with van der Waals surface area (Å²) in [4.78, 5) is 16.7. The van der Waals surface area contributed by atoms with E-state index in [1.54, 1.807) is 5.56 Å². The van der Waals surface area contributed by atoms with Crippen LogP contribution in [0.25, 0.3) is 0 Å². The van der Waals surface area contributed by atoms with E-state index in [0.29, 0.717) is 27.6 Å². The van der Waals surface area contributed by atoms with Gasteiger partial charge in [0.2, 0.25) is 0 Å². The summed E-state index contributed by atoms with van der Waals surface area (Å²) < 4.78 is 0. The molecule has 6 heteroatoms. The summed E-state index contributed by atoms with van der Waals surface area (Å²) in [5.74, 6) is 1.32. The molecule has 3 nitrogen and oxygen atoms in total. The number of nitrogens with one attached hydrogen (secondary N) is 1. The number of carbonyl (C=O) groups excluding carboxylic acids is 1. The van der Waals surface area contributed by atoms with Gasteiger partial charge in [-0.15, -0.1) is 11.8 Å². The number of piperidine rings is 1. The van der Waals surface area contributed by atoms with E-state index in [4.69, 9.17) is 23.2 Å². The van der Waals surface area contributed by atoms with E-state index in [1.165, 1.54) is 23.5 Å². The van der Waals surface area contributed by atoms with Gasteiger partial charge >= 0.3 is 0 Å². The number of halogens is 2. The molecule has 1 amide bonds. The molecule has 182 valence electrons. The molecule has 0 bridgehead atoms. The Morgan fingerprint density at radius 1 is 0.971 bits per heavy atom. The first kappa shape index (κ1) is 24.7. The smallest absolute Gasteiger partial charge is 0.251 e. The van der Waals surface area contributed by atoms with Crippen LogP contribution >= 0.6 is 35.0 Å². The number of benzene rings is 3. The summed E-state index contributed by atoms with van der Waals surface area (Å²) in [5.41, 5.74) is 3.69. The zero-order valence-corrected chi connectivity index (χ0v) is 22.0. The molecular formula is C29H30Cl2N2OS. The van der Waals surface area contributed by atoms with Gasteiger partial charge in [0.15, 0.2) is 0 Å². The molecule has 1 fully saturated rings. The number of rotatable bonds is 7. The second kappa shape index (κ2) is 11.0. The van der Waals surface area contributed by atoms with Gasteiger partial charge in [-0.05, 0) is 80.4 Å². The largest absolute Gasteiger partial charge is 0.351 e. The van der Waals surface area contributed by atoms with Gasteiger partial charge in [-0.2, -0.15) is 0 Å². The van der Waals surface area contributed by atoms with Crippen LogP contribution < -0.4 is 5.32 Å². The Kier molecular flexibility index (Phi) is 7.74. The lowest BCUT2D eigenvalue weighted by molar-refractivity contribution is 0.0949. The maximum Gasteiger partial charge on any atom is 0.251 e. The molecule has 1 saturated heterocycles. The van der Waals surface area contributed by atoms with Crippen LogP contribution in [0.5, 0.6) is 0 Å². The van der Waals surface area contributed by atoms with Gasteiger partial charge in [0.25, 0.3) is 5.91 Å². The van der Waals surface area contributed by atoms with Crippen molar-refractivity contribution in [1.29, 1.82) is 0 Å². The molecule has 0 saturated carbocycles. The van der Waals surface area contributed by atoms with E-state index >= 15 is 0 Å². The number of likely N-dealkylation sites (tertiary alicyclic amines) is 1. The van der Waals surface area contributed by atoms with Crippen LogP contribution in [0.15, 0.2) is 77.7 Å². The Morgan fingerprint density at radius 2 is 1.71 bits per heavy atom. The molecule has 1 N–H and O–H groups in total. The summed E-state index contributed by atoms with van der Waals surface area (Å²) in [7, 11) is 0. The Hall–Kier alpha value is -1.98. The zero-order chi connectivity index (χ0) is 24.3. The van der Waals surface area contributed by atoms with Crippen LogP contribution in [-0.4, -0.2) is 42.7 Å². The van der Waals surface area contributed by atoms with E-state index in [-0.39, 0.29) is 11.8 Å². The van der Waals surface area contributed by atoms with Crippen molar-refractivity contribution in [1.82, 2.24) is 10.2 Å². The molecule has 5 rings (SSSR count). The van der Waals surface area contributed by atoms with Gasteiger partial charge in [-0.3, -0.25) is 4.79 Å². The lowest BCUT2D eigenvalue weighted by atomic mass is 9.74. The van der Waals surface area contributed by atoms with Crippen LogP contribution in [0.3, 0.4) is 0 Å². The number of carbonyl (C=O) groups is 1. The minimum Gasteiger partial charge on any atom is -0.351 e. The Morgan fingerprint density at radius 3 is 2.49 bits per heavy atom. The van der Waals surface area contributed by atoms with Crippen LogP contribution in [0.4, 0.5) is 0 Å². The van der Waals surface area contributed by atoms with Gasteiger partial charge in [0.1, 0.15) is 0 Å². The highest BCUT2D eigenvalue weighted by atomic mass is 35.5. The van der Waals surface area contributed by atoms with E-state index in [0.717, 1.165) is 31.6 Å². The SMILES string of the molecule is O=C(NC[C@H](CCN1CCC2(CC1)CSc1ccccc12)c1ccc(Cl)c(Cl)c1)c1ccccc1. The predicted octanol–water partition coefficient (Wildman–Crippen LogP) is 7.04. The zero-order valence-electron chi connectivity index (χ0n) is 19.7. The average molecular weight is 526 g/mol. The third kappa shape index (κ3) is 5.56. The number of hydrogen-bond donors (Lipinski definition) is 1. The number of amides is 1. The highest BCUT2D eigenvalue weighted by molar-refractivity contribution is 7.99. The van der Waals surface area contributed by atoms with Crippen molar-refractivity contribution in [3.05, 3.63) is 99.5 Å². The van der Waals surface area contributed by atoms with Gasteiger partial charge < -0.3 is 10.2 Å². The van der Waals surface area contributed by atoms with Crippen molar-refractivity contribution < 1.29 is 4.79 Å². The normalized spacial score (nSPS) is 17.8. The first-order chi connectivity index (χ1) is 17.0. The third-order valence-corrected chi connectivity index (χ3v) is 9.63. The number of fused-ring (bicyclic) bond motifs is 2. The Bertz CT molecular complexity index is 1180. The number of hydrogen-bond acceptors (Lipinski definition) is 3. The first-order valence-electron chi connectivity index (χ1n) is 12.3. The average Bonchev–Trinajstić information content (AvgIpc) is 3.25. The van der Waals surface area contributed by atoms with E-state index in [2.05, 4.69) is 34.5 Å². The lowest BCUT2D eigenvalue weighted by Gasteiger charge is -2.40. The highest BCUT2D eigenvalue weighted by Gasteiger charge is 2.41. The second-order valence-electron chi connectivity index (χ2n) is 9.64. The monoisotopic (exact) mass is 524 g/mol. The standard InChI is InChI=1S/C29H30Cl2N2OS/c30-25-11-10-22(18-26(25)31)23(19-32-28(34)21-6-2-1-3-7-21)12-15-33-16-13-29(14-17-33)20-35-27-9-5-4-8-24(27)29/h1-11,18,23H,12-17,19-20H2,(H,32,34)/t23-/m0/s1. The molecule has 0 aromatic heterocycles. The van der Waals surface area contributed by atoms with Gasteiger partial charge in [0.05, 0.1) is 10.0 Å². The van der Waals surface area contributed by atoms with Crippen molar-refractivity contribution in [3.8, 4) is 0 Å². The molecule has 1 spiro atoms. The molecule has 1 atom stereocenters. The fraction of sp³-hybridized carbons (Fsp3) is 0.345. The molecule has 2 aliphatic heterocycles. The maximum atomic E-state index is 12.7.